The molecule has 2 aromatic rings. The molecule has 130 valence electrons. The summed E-state index contributed by atoms with van der Waals surface area (Å²) < 4.78 is 5.00. The minimum absolute atomic E-state index is 0.168. The van der Waals surface area contributed by atoms with Crippen LogP contribution < -0.4 is 5.73 Å². The van der Waals surface area contributed by atoms with Gasteiger partial charge in [0.15, 0.2) is 0 Å². The maximum Gasteiger partial charge on any atom is 0.323 e. The molecular formula is C20H22N2O3. The largest absolute Gasteiger partial charge is 0.468 e. The number of hydrogen-bond acceptors (Lipinski definition) is 4. The standard InChI is InChI=1S/C20H22N2O3/c1-25-20(24)18-12-11-17(15-5-3-2-4-6-15)22(18)13-14-7-9-16(10-8-14)19(21)23/h2-10,17-18H,11-13H2,1H3,(H2,21,23)/t17-,18-/m0/s1. The molecule has 1 saturated heterocycles. The van der Waals surface area contributed by atoms with Gasteiger partial charge < -0.3 is 10.5 Å². The van der Waals surface area contributed by atoms with Gasteiger partial charge in [0.1, 0.15) is 6.04 Å². The maximum atomic E-state index is 12.2. The van der Waals surface area contributed by atoms with Gasteiger partial charge in [-0.15, -0.1) is 0 Å². The number of carbonyl (C=O) groups excluding carboxylic acids is 2. The first-order chi connectivity index (χ1) is 12.1. The Kier molecular flexibility index (Phi) is 5.14. The number of carbonyl (C=O) groups is 2. The van der Waals surface area contributed by atoms with Gasteiger partial charge in [-0.2, -0.15) is 0 Å². The lowest BCUT2D eigenvalue weighted by Crippen LogP contribution is -2.37. The first-order valence-electron chi connectivity index (χ1n) is 8.37. The third kappa shape index (κ3) is 3.72. The molecule has 5 nitrogen and oxygen atoms in total. The number of primary amides is 1. The molecule has 0 bridgehead atoms. The normalized spacial score (nSPS) is 20.4. The van der Waals surface area contributed by atoms with Crippen LogP contribution >= 0.6 is 0 Å². The highest BCUT2D eigenvalue weighted by molar-refractivity contribution is 5.92. The molecule has 1 heterocycles. The Bertz CT molecular complexity index is 743. The zero-order valence-electron chi connectivity index (χ0n) is 14.2. The van der Waals surface area contributed by atoms with E-state index in [4.69, 9.17) is 10.5 Å². The van der Waals surface area contributed by atoms with E-state index in [1.54, 1.807) is 12.1 Å². The number of methoxy groups -OCH3 is 1. The van der Waals surface area contributed by atoms with E-state index in [2.05, 4.69) is 17.0 Å². The lowest BCUT2D eigenvalue weighted by atomic mass is 10.0. The van der Waals surface area contributed by atoms with Crippen molar-refractivity contribution in [2.75, 3.05) is 7.11 Å². The first-order valence-corrected chi connectivity index (χ1v) is 8.37. The Balaban J connectivity index is 1.86. The molecule has 5 heteroatoms. The van der Waals surface area contributed by atoms with Gasteiger partial charge in [0, 0.05) is 18.2 Å². The number of nitrogens with zero attached hydrogens (tertiary/aromatic N) is 1. The van der Waals surface area contributed by atoms with Crippen molar-refractivity contribution in [1.29, 1.82) is 0 Å². The van der Waals surface area contributed by atoms with Crippen molar-refractivity contribution in [1.82, 2.24) is 4.90 Å². The predicted molar refractivity (Wildman–Crippen MR) is 94.7 cm³/mol. The van der Waals surface area contributed by atoms with E-state index in [0.29, 0.717) is 12.1 Å². The molecule has 0 unspecified atom stereocenters. The molecule has 3 rings (SSSR count). The van der Waals surface area contributed by atoms with Gasteiger partial charge in [-0.3, -0.25) is 14.5 Å². The molecule has 0 aliphatic carbocycles. The number of rotatable bonds is 5. The first kappa shape index (κ1) is 17.2. The van der Waals surface area contributed by atoms with E-state index in [-0.39, 0.29) is 18.1 Å². The quantitative estimate of drug-likeness (QED) is 0.851. The molecule has 1 fully saturated rings. The number of esters is 1. The van der Waals surface area contributed by atoms with Crippen LogP contribution in [-0.4, -0.2) is 29.9 Å². The average molecular weight is 338 g/mol. The Labute approximate surface area is 147 Å². The molecule has 1 amide bonds. The van der Waals surface area contributed by atoms with Crippen LogP contribution in [0.3, 0.4) is 0 Å². The summed E-state index contributed by atoms with van der Waals surface area (Å²) in [6.07, 6.45) is 1.68. The van der Waals surface area contributed by atoms with E-state index in [0.717, 1.165) is 18.4 Å². The van der Waals surface area contributed by atoms with Crippen molar-refractivity contribution in [2.24, 2.45) is 5.73 Å². The van der Waals surface area contributed by atoms with E-state index in [1.807, 2.05) is 30.3 Å². The van der Waals surface area contributed by atoms with Crippen LogP contribution in [0, 0.1) is 0 Å². The highest BCUT2D eigenvalue weighted by Gasteiger charge is 2.39. The second kappa shape index (κ2) is 7.49. The number of hydrogen-bond donors (Lipinski definition) is 1. The van der Waals surface area contributed by atoms with Gasteiger partial charge in [0.05, 0.1) is 7.11 Å². The van der Waals surface area contributed by atoms with Gasteiger partial charge in [-0.25, -0.2) is 0 Å². The monoisotopic (exact) mass is 338 g/mol. The fourth-order valence-corrected chi connectivity index (χ4v) is 3.49. The molecule has 0 saturated carbocycles. The highest BCUT2D eigenvalue weighted by Crippen LogP contribution is 2.37. The molecule has 0 aromatic heterocycles. The third-order valence-corrected chi connectivity index (χ3v) is 4.78. The van der Waals surface area contributed by atoms with Crippen LogP contribution in [0.5, 0.6) is 0 Å². The minimum Gasteiger partial charge on any atom is -0.468 e. The third-order valence-electron chi connectivity index (χ3n) is 4.78. The van der Waals surface area contributed by atoms with Crippen LogP contribution in [0.4, 0.5) is 0 Å². The molecule has 0 radical (unpaired) electrons. The van der Waals surface area contributed by atoms with E-state index in [9.17, 15) is 9.59 Å². The lowest BCUT2D eigenvalue weighted by Gasteiger charge is -2.29. The van der Waals surface area contributed by atoms with E-state index >= 15 is 0 Å². The van der Waals surface area contributed by atoms with Crippen molar-refractivity contribution in [3.05, 3.63) is 71.3 Å². The number of likely N-dealkylation sites (tertiary alicyclic amines) is 1. The van der Waals surface area contributed by atoms with Gasteiger partial charge in [0.2, 0.25) is 5.91 Å². The topological polar surface area (TPSA) is 72.6 Å². The molecule has 1 aliphatic rings. The molecule has 2 N–H and O–H groups in total. The van der Waals surface area contributed by atoms with Crippen LogP contribution in [0.15, 0.2) is 54.6 Å². The zero-order chi connectivity index (χ0) is 17.8. The molecule has 1 aliphatic heterocycles. The Morgan fingerprint density at radius 2 is 1.76 bits per heavy atom. The lowest BCUT2D eigenvalue weighted by molar-refractivity contribution is -0.146. The second-order valence-corrected chi connectivity index (χ2v) is 6.28. The Hall–Kier alpha value is -2.66. The fourth-order valence-electron chi connectivity index (χ4n) is 3.49. The highest BCUT2D eigenvalue weighted by atomic mass is 16.5. The van der Waals surface area contributed by atoms with E-state index in [1.165, 1.54) is 12.7 Å². The van der Waals surface area contributed by atoms with Crippen LogP contribution in [-0.2, 0) is 16.1 Å². The number of nitrogens with two attached hydrogens (primary N) is 1. The molecule has 0 spiro atoms. The Morgan fingerprint density at radius 1 is 1.08 bits per heavy atom. The summed E-state index contributed by atoms with van der Waals surface area (Å²) in [6.45, 7) is 0.609. The summed E-state index contributed by atoms with van der Waals surface area (Å²) in [5.74, 6) is -0.644. The zero-order valence-corrected chi connectivity index (χ0v) is 14.2. The average Bonchev–Trinajstić information content (AvgIpc) is 3.05. The number of benzene rings is 2. The van der Waals surface area contributed by atoms with Crippen molar-refractivity contribution >= 4 is 11.9 Å². The summed E-state index contributed by atoms with van der Waals surface area (Å²) in [5.41, 5.74) is 8.00. The molecule has 25 heavy (non-hydrogen) atoms. The van der Waals surface area contributed by atoms with Crippen molar-refractivity contribution in [3.8, 4) is 0 Å². The number of amides is 1. The van der Waals surface area contributed by atoms with E-state index < -0.39 is 5.91 Å². The smallest absolute Gasteiger partial charge is 0.323 e. The molecule has 2 aromatic carbocycles. The van der Waals surface area contributed by atoms with Crippen molar-refractivity contribution in [3.63, 3.8) is 0 Å². The van der Waals surface area contributed by atoms with Gasteiger partial charge >= 0.3 is 5.97 Å². The Morgan fingerprint density at radius 3 is 2.36 bits per heavy atom. The van der Waals surface area contributed by atoms with Gasteiger partial charge in [-0.05, 0) is 36.1 Å². The number of ether oxygens (including phenoxy) is 1. The fraction of sp³-hybridized carbons (Fsp3) is 0.300. The molecule has 2 atom stereocenters. The predicted octanol–water partition coefficient (Wildman–Crippen LogP) is 2.66. The van der Waals surface area contributed by atoms with Crippen LogP contribution in [0.2, 0.25) is 0 Å². The van der Waals surface area contributed by atoms with Gasteiger partial charge in [-0.1, -0.05) is 42.5 Å². The summed E-state index contributed by atoms with van der Waals surface area (Å²) in [5, 5.41) is 0. The summed E-state index contributed by atoms with van der Waals surface area (Å²) in [4.78, 5) is 25.6. The SMILES string of the molecule is COC(=O)[C@@H]1CC[C@@H](c2ccccc2)N1Cc1ccc(C(N)=O)cc1. The minimum atomic E-state index is -0.442. The van der Waals surface area contributed by atoms with Crippen molar-refractivity contribution < 1.29 is 14.3 Å². The van der Waals surface area contributed by atoms with Crippen LogP contribution in [0.25, 0.3) is 0 Å². The van der Waals surface area contributed by atoms with Crippen LogP contribution in [0.1, 0.15) is 40.4 Å². The van der Waals surface area contributed by atoms with Crippen molar-refractivity contribution in [2.45, 2.75) is 31.5 Å². The van der Waals surface area contributed by atoms with Gasteiger partial charge in [0.25, 0.3) is 0 Å². The second-order valence-electron chi connectivity index (χ2n) is 6.28. The summed E-state index contributed by atoms with van der Waals surface area (Å²) >= 11 is 0. The maximum absolute atomic E-state index is 12.2. The molecular weight excluding hydrogens is 316 g/mol. The summed E-state index contributed by atoms with van der Waals surface area (Å²) in [7, 11) is 1.43. The summed E-state index contributed by atoms with van der Waals surface area (Å²) in [6, 6.07) is 17.3.